The molecule has 1 aromatic carbocycles. The zero-order chi connectivity index (χ0) is 20.1. The van der Waals surface area contributed by atoms with Crippen LogP contribution in [0.3, 0.4) is 0 Å². The number of hydrogen-bond donors (Lipinski definition) is 2. The fraction of sp³-hybridized carbons (Fsp3) is 0.524. The van der Waals surface area contributed by atoms with Gasteiger partial charge in [-0.05, 0) is 37.5 Å². The maximum atomic E-state index is 12.7. The molecule has 1 aliphatic heterocycles. The van der Waals surface area contributed by atoms with Crippen molar-refractivity contribution in [2.75, 3.05) is 31.1 Å². The summed E-state index contributed by atoms with van der Waals surface area (Å²) in [6, 6.07) is 7.03. The Balaban J connectivity index is 2.44. The van der Waals surface area contributed by atoms with E-state index >= 15 is 0 Å². The third-order valence-corrected chi connectivity index (χ3v) is 4.88. The number of amides is 1. The molecule has 0 spiro atoms. The van der Waals surface area contributed by atoms with Gasteiger partial charge in [0.15, 0.2) is 11.5 Å². The molecule has 0 bridgehead atoms. The summed E-state index contributed by atoms with van der Waals surface area (Å²) in [7, 11) is 0. The number of β-amino-alcohol motifs (C(OH)–C–C–N with tert-alkyl or cyclic N) is 1. The van der Waals surface area contributed by atoms with Gasteiger partial charge >= 0.3 is 0 Å². The van der Waals surface area contributed by atoms with Gasteiger partial charge in [-0.25, -0.2) is 0 Å². The third-order valence-electron chi connectivity index (χ3n) is 4.88. The third kappa shape index (κ3) is 4.33. The van der Waals surface area contributed by atoms with Gasteiger partial charge in [0.1, 0.15) is 0 Å². The molecule has 1 unspecified atom stereocenters. The molecule has 1 heterocycles. The van der Waals surface area contributed by atoms with E-state index in [2.05, 4.69) is 18.7 Å². The summed E-state index contributed by atoms with van der Waals surface area (Å²) in [6.45, 7) is 9.60. The Hall–Kier alpha value is -2.34. The Morgan fingerprint density at radius 1 is 1.19 bits per heavy atom. The zero-order valence-electron chi connectivity index (χ0n) is 16.6. The van der Waals surface area contributed by atoms with Gasteiger partial charge in [-0.2, -0.15) is 0 Å². The van der Waals surface area contributed by atoms with E-state index in [1.807, 2.05) is 38.1 Å². The molecule has 2 N–H and O–H groups in total. The van der Waals surface area contributed by atoms with Crippen LogP contribution >= 0.6 is 0 Å². The van der Waals surface area contributed by atoms with Crippen molar-refractivity contribution in [3.63, 3.8) is 0 Å². The van der Waals surface area contributed by atoms with E-state index in [-0.39, 0.29) is 36.8 Å². The van der Waals surface area contributed by atoms with Gasteiger partial charge in [-0.3, -0.25) is 9.59 Å². The Kier molecular flexibility index (Phi) is 7.02. The fourth-order valence-corrected chi connectivity index (χ4v) is 3.56. The second-order valence-electron chi connectivity index (χ2n) is 7.17. The van der Waals surface area contributed by atoms with Crippen LogP contribution < -0.4 is 4.90 Å². The molecule has 0 radical (unpaired) electrons. The second kappa shape index (κ2) is 9.04. The molecule has 1 atom stereocenters. The molecule has 148 valence electrons. The highest BCUT2D eigenvalue weighted by atomic mass is 16.3. The summed E-state index contributed by atoms with van der Waals surface area (Å²) < 4.78 is 0. The lowest BCUT2D eigenvalue weighted by Gasteiger charge is -2.27. The van der Waals surface area contributed by atoms with E-state index in [9.17, 15) is 19.8 Å². The van der Waals surface area contributed by atoms with Crippen LogP contribution in [0.4, 0.5) is 5.69 Å². The number of carbonyl (C=O) groups is 2. The van der Waals surface area contributed by atoms with E-state index in [0.717, 1.165) is 24.3 Å². The number of aliphatic hydroxyl groups is 2. The molecule has 2 rings (SSSR count). The van der Waals surface area contributed by atoms with Crippen LogP contribution in [0.5, 0.6) is 0 Å². The smallest absolute Gasteiger partial charge is 0.290 e. The molecule has 1 amide bonds. The Morgan fingerprint density at radius 2 is 1.78 bits per heavy atom. The average Bonchev–Trinajstić information content (AvgIpc) is 2.88. The molecule has 1 aromatic rings. The van der Waals surface area contributed by atoms with Crippen molar-refractivity contribution in [3.05, 3.63) is 41.2 Å². The lowest BCUT2D eigenvalue weighted by Crippen LogP contribution is -2.33. The molecule has 6 nitrogen and oxygen atoms in total. The number of benzene rings is 1. The number of carbonyl (C=O) groups excluding carboxylic acids is 2. The van der Waals surface area contributed by atoms with Crippen molar-refractivity contribution in [2.45, 2.75) is 40.2 Å². The van der Waals surface area contributed by atoms with E-state index < -0.39 is 17.7 Å². The second-order valence-corrected chi connectivity index (χ2v) is 7.17. The maximum Gasteiger partial charge on any atom is 0.290 e. The van der Waals surface area contributed by atoms with E-state index in [1.54, 1.807) is 0 Å². The minimum absolute atomic E-state index is 0.0593. The first-order valence-electron chi connectivity index (χ1n) is 9.58. The number of nitrogens with zero attached hydrogens (tertiary/aromatic N) is 2. The Labute approximate surface area is 161 Å². The summed E-state index contributed by atoms with van der Waals surface area (Å²) >= 11 is 0. The number of ketones is 1. The van der Waals surface area contributed by atoms with E-state index in [4.69, 9.17) is 0 Å². The molecule has 0 fully saturated rings. The Morgan fingerprint density at radius 3 is 2.26 bits per heavy atom. The first-order chi connectivity index (χ1) is 12.8. The van der Waals surface area contributed by atoms with Crippen LogP contribution in [0.25, 0.3) is 0 Å². The molecule has 1 aliphatic rings. The molecule has 6 heteroatoms. The van der Waals surface area contributed by atoms with Gasteiger partial charge in [0, 0.05) is 31.7 Å². The standard InChI is InChI=1S/C21H30N2O4/c1-5-22(6-2)16-9-7-15(8-10-16)19-18(17(25)13-14(3)4)20(26)21(27)23(19)11-12-24/h7-10,14,19,24,26H,5-6,11-13H2,1-4H3. The average molecular weight is 374 g/mol. The monoisotopic (exact) mass is 374 g/mol. The Bertz CT molecular complexity index is 705. The van der Waals surface area contributed by atoms with Crippen molar-refractivity contribution in [3.8, 4) is 0 Å². The van der Waals surface area contributed by atoms with Crippen LogP contribution in [0.15, 0.2) is 35.6 Å². The number of rotatable bonds is 9. The summed E-state index contributed by atoms with van der Waals surface area (Å²) in [4.78, 5) is 28.8. The first kappa shape index (κ1) is 21.0. The van der Waals surface area contributed by atoms with Gasteiger partial charge in [0.05, 0.1) is 18.2 Å². The highest BCUT2D eigenvalue weighted by Crippen LogP contribution is 2.38. The summed E-state index contributed by atoms with van der Waals surface area (Å²) in [5, 5.41) is 19.7. The molecular weight excluding hydrogens is 344 g/mol. The van der Waals surface area contributed by atoms with Crippen molar-refractivity contribution in [1.29, 1.82) is 0 Å². The summed E-state index contributed by atoms with van der Waals surface area (Å²) in [5.41, 5.74) is 1.95. The first-order valence-corrected chi connectivity index (χ1v) is 9.58. The quantitative estimate of drug-likeness (QED) is 0.695. The van der Waals surface area contributed by atoms with Gasteiger partial charge in [0.25, 0.3) is 5.91 Å². The van der Waals surface area contributed by atoms with Gasteiger partial charge in [0.2, 0.25) is 0 Å². The number of anilines is 1. The molecule has 0 saturated carbocycles. The summed E-state index contributed by atoms with van der Waals surface area (Å²) in [6.07, 6.45) is 0.258. The van der Waals surface area contributed by atoms with Gasteiger partial charge in [-0.1, -0.05) is 26.0 Å². The van der Waals surface area contributed by atoms with Crippen LogP contribution in [0.1, 0.15) is 45.7 Å². The van der Waals surface area contributed by atoms with Gasteiger partial charge in [-0.15, -0.1) is 0 Å². The summed E-state index contributed by atoms with van der Waals surface area (Å²) in [5.74, 6) is -1.21. The minimum Gasteiger partial charge on any atom is -0.503 e. The number of aliphatic hydroxyl groups excluding tert-OH is 2. The number of hydrogen-bond acceptors (Lipinski definition) is 5. The van der Waals surface area contributed by atoms with Crippen LogP contribution in [-0.4, -0.2) is 53.0 Å². The highest BCUT2D eigenvalue weighted by Gasteiger charge is 2.43. The van der Waals surface area contributed by atoms with E-state index in [1.165, 1.54) is 4.90 Å². The van der Waals surface area contributed by atoms with Crippen molar-refractivity contribution < 1.29 is 19.8 Å². The largest absolute Gasteiger partial charge is 0.503 e. The topological polar surface area (TPSA) is 81.1 Å². The molecule has 0 saturated heterocycles. The maximum absolute atomic E-state index is 12.7. The fourth-order valence-electron chi connectivity index (χ4n) is 3.56. The minimum atomic E-state index is -0.665. The number of Topliss-reactive ketones (excluding diaryl/α,β-unsaturated/α-hetero) is 1. The van der Waals surface area contributed by atoms with Crippen molar-refractivity contribution in [2.24, 2.45) is 5.92 Å². The molecular formula is C21H30N2O4. The zero-order valence-corrected chi connectivity index (χ0v) is 16.6. The molecule has 0 aliphatic carbocycles. The van der Waals surface area contributed by atoms with Crippen molar-refractivity contribution in [1.82, 2.24) is 4.90 Å². The lowest BCUT2D eigenvalue weighted by molar-refractivity contribution is -0.129. The predicted molar refractivity (Wildman–Crippen MR) is 106 cm³/mol. The molecule has 27 heavy (non-hydrogen) atoms. The van der Waals surface area contributed by atoms with Crippen LogP contribution in [0.2, 0.25) is 0 Å². The normalized spacial score (nSPS) is 17.2. The van der Waals surface area contributed by atoms with Gasteiger partial charge < -0.3 is 20.0 Å². The SMILES string of the molecule is CCN(CC)c1ccc(C2C(C(=O)CC(C)C)=C(O)C(=O)N2CCO)cc1. The molecule has 0 aromatic heterocycles. The predicted octanol–water partition coefficient (Wildman–Crippen LogP) is 2.84. The van der Waals surface area contributed by atoms with Crippen LogP contribution in [0, 0.1) is 5.92 Å². The van der Waals surface area contributed by atoms with Crippen LogP contribution in [-0.2, 0) is 9.59 Å². The lowest BCUT2D eigenvalue weighted by atomic mass is 9.92. The highest BCUT2D eigenvalue weighted by molar-refractivity contribution is 6.09. The van der Waals surface area contributed by atoms with Crippen molar-refractivity contribution >= 4 is 17.4 Å². The van der Waals surface area contributed by atoms with E-state index in [0.29, 0.717) is 0 Å².